The number of aryl methyl sites for hydroxylation is 1. The van der Waals surface area contributed by atoms with E-state index in [2.05, 4.69) is 54.0 Å². The Morgan fingerprint density at radius 2 is 1.71 bits per heavy atom. The van der Waals surface area contributed by atoms with Crippen LogP contribution < -0.4 is 0 Å². The van der Waals surface area contributed by atoms with E-state index in [1.165, 1.54) is 11.1 Å². The molecule has 118 valence electrons. The molecule has 0 radical (unpaired) electrons. The predicted molar refractivity (Wildman–Crippen MR) is 100 cm³/mol. The lowest BCUT2D eigenvalue weighted by atomic mass is 10.1. The Kier molecular flexibility index (Phi) is 3.83. The third-order valence-electron chi connectivity index (χ3n) is 4.18. The van der Waals surface area contributed by atoms with Crippen molar-refractivity contribution in [1.82, 2.24) is 9.55 Å². The molecule has 0 aliphatic carbocycles. The van der Waals surface area contributed by atoms with Crippen LogP contribution in [0, 0.1) is 6.92 Å². The summed E-state index contributed by atoms with van der Waals surface area (Å²) in [6, 6.07) is 24.7. The molecule has 0 saturated heterocycles. The van der Waals surface area contributed by atoms with Gasteiger partial charge in [-0.2, -0.15) is 0 Å². The van der Waals surface area contributed by atoms with Crippen LogP contribution in [-0.2, 0) is 6.54 Å². The standard InChI is InChI=1S/C21H17ClN2/c1-15-5-4-6-16(13-15)14-24-20-8-3-2-7-19(20)23-21(24)17-9-11-18(22)12-10-17/h2-13H,14H2,1H3. The molecule has 1 aromatic heterocycles. The van der Waals surface area contributed by atoms with Gasteiger partial charge in [-0.15, -0.1) is 0 Å². The van der Waals surface area contributed by atoms with E-state index in [9.17, 15) is 0 Å². The summed E-state index contributed by atoms with van der Waals surface area (Å²) in [5, 5.41) is 0.736. The molecule has 0 unspecified atom stereocenters. The van der Waals surface area contributed by atoms with Crippen LogP contribution in [0.3, 0.4) is 0 Å². The molecule has 0 fully saturated rings. The highest BCUT2D eigenvalue weighted by Crippen LogP contribution is 2.27. The summed E-state index contributed by atoms with van der Waals surface area (Å²) in [6.45, 7) is 2.91. The zero-order valence-electron chi connectivity index (χ0n) is 13.4. The molecule has 2 nitrogen and oxygen atoms in total. The molecule has 0 saturated carbocycles. The molecule has 0 atom stereocenters. The van der Waals surface area contributed by atoms with Crippen LogP contribution in [0.15, 0.2) is 72.8 Å². The number of hydrogen-bond acceptors (Lipinski definition) is 1. The highest BCUT2D eigenvalue weighted by atomic mass is 35.5. The van der Waals surface area contributed by atoms with E-state index < -0.39 is 0 Å². The normalized spacial score (nSPS) is 11.1. The van der Waals surface area contributed by atoms with Crippen LogP contribution in [-0.4, -0.2) is 9.55 Å². The molecule has 0 aliphatic rings. The number of nitrogens with zero attached hydrogens (tertiary/aromatic N) is 2. The molecule has 0 aliphatic heterocycles. The lowest BCUT2D eigenvalue weighted by Crippen LogP contribution is -2.02. The number of halogens is 1. The number of para-hydroxylation sites is 2. The van der Waals surface area contributed by atoms with Crippen LogP contribution in [0.1, 0.15) is 11.1 Å². The Morgan fingerprint density at radius 3 is 2.50 bits per heavy atom. The SMILES string of the molecule is Cc1cccc(Cn2c(-c3ccc(Cl)cc3)nc3ccccc32)c1. The summed E-state index contributed by atoms with van der Waals surface area (Å²) < 4.78 is 2.27. The lowest BCUT2D eigenvalue weighted by Gasteiger charge is -2.10. The molecule has 3 heteroatoms. The zero-order chi connectivity index (χ0) is 16.5. The number of imidazole rings is 1. The van der Waals surface area contributed by atoms with Gasteiger partial charge >= 0.3 is 0 Å². The quantitative estimate of drug-likeness (QED) is 0.469. The summed E-state index contributed by atoms with van der Waals surface area (Å²) >= 11 is 6.04. The van der Waals surface area contributed by atoms with Gasteiger partial charge in [0.15, 0.2) is 0 Å². The Bertz CT molecular complexity index is 1000. The highest BCUT2D eigenvalue weighted by molar-refractivity contribution is 6.30. The largest absolute Gasteiger partial charge is 0.319 e. The Hall–Kier alpha value is -2.58. The molecule has 0 N–H and O–H groups in total. The lowest BCUT2D eigenvalue weighted by molar-refractivity contribution is 0.833. The van der Waals surface area contributed by atoms with E-state index in [4.69, 9.17) is 16.6 Å². The molecular weight excluding hydrogens is 316 g/mol. The number of benzene rings is 3. The fraction of sp³-hybridized carbons (Fsp3) is 0.0952. The molecule has 0 spiro atoms. The van der Waals surface area contributed by atoms with Crippen LogP contribution in [0.25, 0.3) is 22.4 Å². The van der Waals surface area contributed by atoms with Crippen molar-refractivity contribution in [2.24, 2.45) is 0 Å². The average Bonchev–Trinajstić information content (AvgIpc) is 2.94. The smallest absolute Gasteiger partial charge is 0.141 e. The molecule has 0 bridgehead atoms. The van der Waals surface area contributed by atoms with Gasteiger partial charge in [-0.1, -0.05) is 53.6 Å². The van der Waals surface area contributed by atoms with Crippen LogP contribution in [0.5, 0.6) is 0 Å². The van der Waals surface area contributed by atoms with Crippen molar-refractivity contribution in [3.8, 4) is 11.4 Å². The third kappa shape index (κ3) is 2.81. The molecule has 24 heavy (non-hydrogen) atoms. The minimum Gasteiger partial charge on any atom is -0.319 e. The fourth-order valence-corrected chi connectivity index (χ4v) is 3.17. The maximum atomic E-state index is 6.04. The van der Waals surface area contributed by atoms with Gasteiger partial charge < -0.3 is 4.57 Å². The Morgan fingerprint density at radius 1 is 0.917 bits per heavy atom. The molecule has 3 aromatic carbocycles. The predicted octanol–water partition coefficient (Wildman–Crippen LogP) is 5.71. The second kappa shape index (κ2) is 6.14. The first-order valence-electron chi connectivity index (χ1n) is 7.97. The molecule has 4 rings (SSSR count). The van der Waals surface area contributed by atoms with Crippen molar-refractivity contribution in [2.75, 3.05) is 0 Å². The summed E-state index contributed by atoms with van der Waals surface area (Å²) in [5.74, 6) is 0.967. The first kappa shape index (κ1) is 15.0. The van der Waals surface area contributed by atoms with Crippen LogP contribution >= 0.6 is 11.6 Å². The van der Waals surface area contributed by atoms with Crippen molar-refractivity contribution >= 4 is 22.6 Å². The summed E-state index contributed by atoms with van der Waals surface area (Å²) in [6.07, 6.45) is 0. The minimum atomic E-state index is 0.736. The van der Waals surface area contributed by atoms with Crippen molar-refractivity contribution in [2.45, 2.75) is 13.5 Å². The second-order valence-corrected chi connectivity index (χ2v) is 6.44. The topological polar surface area (TPSA) is 17.8 Å². The van der Waals surface area contributed by atoms with Crippen molar-refractivity contribution in [3.63, 3.8) is 0 Å². The highest BCUT2D eigenvalue weighted by Gasteiger charge is 2.12. The molecule has 1 heterocycles. The van der Waals surface area contributed by atoms with Gasteiger partial charge in [-0.05, 0) is 48.9 Å². The minimum absolute atomic E-state index is 0.736. The van der Waals surface area contributed by atoms with E-state index in [-0.39, 0.29) is 0 Å². The monoisotopic (exact) mass is 332 g/mol. The van der Waals surface area contributed by atoms with Crippen molar-refractivity contribution in [3.05, 3.63) is 88.9 Å². The maximum Gasteiger partial charge on any atom is 0.141 e. The Balaban J connectivity index is 1.88. The van der Waals surface area contributed by atoms with Crippen molar-refractivity contribution in [1.29, 1.82) is 0 Å². The van der Waals surface area contributed by atoms with E-state index in [0.717, 1.165) is 34.0 Å². The van der Waals surface area contributed by atoms with E-state index in [0.29, 0.717) is 0 Å². The van der Waals surface area contributed by atoms with Gasteiger partial charge in [0.05, 0.1) is 11.0 Å². The average molecular weight is 333 g/mol. The maximum absolute atomic E-state index is 6.04. The first-order chi connectivity index (χ1) is 11.7. The van der Waals surface area contributed by atoms with Gasteiger partial charge in [0.1, 0.15) is 5.82 Å². The van der Waals surface area contributed by atoms with E-state index in [1.807, 2.05) is 30.3 Å². The van der Waals surface area contributed by atoms with E-state index in [1.54, 1.807) is 0 Å². The fourth-order valence-electron chi connectivity index (χ4n) is 3.05. The first-order valence-corrected chi connectivity index (χ1v) is 8.35. The van der Waals surface area contributed by atoms with Crippen LogP contribution in [0.4, 0.5) is 0 Å². The molecule has 0 amide bonds. The third-order valence-corrected chi connectivity index (χ3v) is 4.43. The summed E-state index contributed by atoms with van der Waals surface area (Å²) in [7, 11) is 0. The van der Waals surface area contributed by atoms with Gasteiger partial charge in [-0.25, -0.2) is 4.98 Å². The number of aromatic nitrogens is 2. The van der Waals surface area contributed by atoms with Gasteiger partial charge in [0, 0.05) is 17.1 Å². The van der Waals surface area contributed by atoms with Gasteiger partial charge in [0.25, 0.3) is 0 Å². The van der Waals surface area contributed by atoms with Crippen molar-refractivity contribution < 1.29 is 0 Å². The van der Waals surface area contributed by atoms with Gasteiger partial charge in [-0.3, -0.25) is 0 Å². The number of rotatable bonds is 3. The summed E-state index contributed by atoms with van der Waals surface area (Å²) in [5.41, 5.74) is 5.76. The molecule has 4 aromatic rings. The molecular formula is C21H17ClN2. The summed E-state index contributed by atoms with van der Waals surface area (Å²) in [4.78, 5) is 4.85. The van der Waals surface area contributed by atoms with Crippen LogP contribution in [0.2, 0.25) is 5.02 Å². The number of hydrogen-bond donors (Lipinski definition) is 0. The second-order valence-electron chi connectivity index (χ2n) is 6.01. The number of fused-ring (bicyclic) bond motifs is 1. The van der Waals surface area contributed by atoms with E-state index >= 15 is 0 Å². The van der Waals surface area contributed by atoms with Gasteiger partial charge in [0.2, 0.25) is 0 Å². The Labute approximate surface area is 146 Å². The zero-order valence-corrected chi connectivity index (χ0v) is 14.2.